The molecule has 2 atom stereocenters. The normalized spacial score (nSPS) is 39.6. The van der Waals surface area contributed by atoms with Gasteiger partial charge in [-0.15, -0.1) is 0 Å². The molecule has 0 amide bonds. The first-order valence-electron chi connectivity index (χ1n) is 3.93. The fourth-order valence-electron chi connectivity index (χ4n) is 1.28. The molecule has 2 rings (SSSR count). The molecule has 0 radical (unpaired) electrons. The molecule has 0 aliphatic carbocycles. The predicted octanol–water partition coefficient (Wildman–Crippen LogP) is 0.111. The summed E-state index contributed by atoms with van der Waals surface area (Å²) in [6, 6.07) is 0. The Kier molecular flexibility index (Phi) is 1.88. The lowest BCUT2D eigenvalue weighted by molar-refractivity contribution is -0.232. The van der Waals surface area contributed by atoms with Crippen molar-refractivity contribution in [3.63, 3.8) is 0 Å². The lowest BCUT2D eigenvalue weighted by atomic mass is 10.3. The van der Waals surface area contributed by atoms with Gasteiger partial charge < -0.3 is 14.8 Å². The van der Waals surface area contributed by atoms with Crippen LogP contribution in [0.3, 0.4) is 0 Å². The maximum Gasteiger partial charge on any atom is 0.160 e. The molecule has 2 unspecified atom stereocenters. The fraction of sp³-hybridized carbons (Fsp3) is 1.00. The van der Waals surface area contributed by atoms with Crippen LogP contribution in [0.4, 0.5) is 0 Å². The zero-order valence-electron chi connectivity index (χ0n) is 6.01. The number of hydrogen-bond donors (Lipinski definition) is 1. The second kappa shape index (κ2) is 2.86. The summed E-state index contributed by atoms with van der Waals surface area (Å²) in [5.41, 5.74) is 0. The Hall–Kier alpha value is -0.120. The Morgan fingerprint density at radius 2 is 2.30 bits per heavy atom. The summed E-state index contributed by atoms with van der Waals surface area (Å²) in [6.07, 6.45) is 2.74. The third kappa shape index (κ3) is 1.31. The average molecular weight is 143 g/mol. The van der Waals surface area contributed by atoms with Crippen molar-refractivity contribution in [1.82, 2.24) is 5.32 Å². The number of hydrogen-bond acceptors (Lipinski definition) is 3. The molecule has 0 aromatic carbocycles. The lowest BCUT2D eigenvalue weighted by Crippen LogP contribution is -2.34. The maximum atomic E-state index is 5.56. The van der Waals surface area contributed by atoms with Crippen LogP contribution in [0, 0.1) is 0 Å². The van der Waals surface area contributed by atoms with E-state index < -0.39 is 0 Å². The summed E-state index contributed by atoms with van der Waals surface area (Å²) in [6.45, 7) is 2.97. The molecule has 2 aliphatic rings. The van der Waals surface area contributed by atoms with Gasteiger partial charge in [0.15, 0.2) is 6.29 Å². The molecule has 0 spiro atoms. The Morgan fingerprint density at radius 3 is 2.80 bits per heavy atom. The van der Waals surface area contributed by atoms with E-state index in [9.17, 15) is 0 Å². The molecule has 58 valence electrons. The highest BCUT2D eigenvalue weighted by Gasteiger charge is 2.24. The SMILES string of the molecule is C1CC(OC2CCO2)CN1. The van der Waals surface area contributed by atoms with Crippen LogP contribution in [0.15, 0.2) is 0 Å². The van der Waals surface area contributed by atoms with Gasteiger partial charge in [-0.2, -0.15) is 0 Å². The third-order valence-corrected chi connectivity index (χ3v) is 2.02. The van der Waals surface area contributed by atoms with E-state index in [4.69, 9.17) is 9.47 Å². The topological polar surface area (TPSA) is 30.5 Å². The van der Waals surface area contributed by atoms with Crippen molar-refractivity contribution in [2.45, 2.75) is 25.2 Å². The van der Waals surface area contributed by atoms with E-state index >= 15 is 0 Å². The average Bonchev–Trinajstić information content (AvgIpc) is 2.29. The molecular formula is C7H13NO2. The highest BCUT2D eigenvalue weighted by Crippen LogP contribution is 2.16. The molecule has 2 aliphatic heterocycles. The molecule has 0 aromatic heterocycles. The second-order valence-electron chi connectivity index (χ2n) is 2.84. The first-order chi connectivity index (χ1) is 4.95. The Bertz CT molecular complexity index is 108. The zero-order chi connectivity index (χ0) is 6.81. The smallest absolute Gasteiger partial charge is 0.160 e. The maximum absolute atomic E-state index is 5.56. The quantitative estimate of drug-likeness (QED) is 0.595. The van der Waals surface area contributed by atoms with Crippen molar-refractivity contribution in [3.05, 3.63) is 0 Å². The van der Waals surface area contributed by atoms with Crippen molar-refractivity contribution < 1.29 is 9.47 Å². The Morgan fingerprint density at radius 1 is 1.40 bits per heavy atom. The van der Waals surface area contributed by atoms with Gasteiger partial charge in [-0.1, -0.05) is 0 Å². The largest absolute Gasteiger partial charge is 0.352 e. The molecule has 2 saturated heterocycles. The highest BCUT2D eigenvalue weighted by molar-refractivity contribution is 4.72. The van der Waals surface area contributed by atoms with Crippen LogP contribution in [-0.2, 0) is 9.47 Å². The van der Waals surface area contributed by atoms with Gasteiger partial charge in [0.2, 0.25) is 0 Å². The zero-order valence-corrected chi connectivity index (χ0v) is 6.01. The molecule has 0 saturated carbocycles. The molecule has 2 fully saturated rings. The number of ether oxygens (including phenoxy) is 2. The molecule has 3 heteroatoms. The van der Waals surface area contributed by atoms with E-state index in [0.717, 1.165) is 32.5 Å². The van der Waals surface area contributed by atoms with Gasteiger partial charge in [0.25, 0.3) is 0 Å². The molecule has 0 aromatic rings. The van der Waals surface area contributed by atoms with Crippen molar-refractivity contribution in [3.8, 4) is 0 Å². The van der Waals surface area contributed by atoms with Crippen molar-refractivity contribution >= 4 is 0 Å². The van der Waals surface area contributed by atoms with Gasteiger partial charge in [-0.25, -0.2) is 0 Å². The van der Waals surface area contributed by atoms with E-state index in [2.05, 4.69) is 5.32 Å². The lowest BCUT2D eigenvalue weighted by Gasteiger charge is -2.28. The Balaban J connectivity index is 1.68. The summed E-state index contributed by atoms with van der Waals surface area (Å²) < 4.78 is 10.7. The second-order valence-corrected chi connectivity index (χ2v) is 2.84. The van der Waals surface area contributed by atoms with E-state index in [-0.39, 0.29) is 6.29 Å². The summed E-state index contributed by atoms with van der Waals surface area (Å²) in [5, 5.41) is 3.25. The standard InChI is InChI=1S/C7H13NO2/c1-3-8-5-6(1)10-7-2-4-9-7/h6-8H,1-5H2. The summed E-state index contributed by atoms with van der Waals surface area (Å²) in [7, 11) is 0. The van der Waals surface area contributed by atoms with Crippen LogP contribution >= 0.6 is 0 Å². The van der Waals surface area contributed by atoms with Crippen LogP contribution in [0.25, 0.3) is 0 Å². The monoisotopic (exact) mass is 143 g/mol. The van der Waals surface area contributed by atoms with Crippen LogP contribution in [0.1, 0.15) is 12.8 Å². The van der Waals surface area contributed by atoms with Crippen LogP contribution in [0.5, 0.6) is 0 Å². The number of nitrogens with one attached hydrogen (secondary N) is 1. The first-order valence-corrected chi connectivity index (χ1v) is 3.93. The third-order valence-electron chi connectivity index (χ3n) is 2.02. The Labute approximate surface area is 60.7 Å². The minimum atomic E-state index is 0.116. The highest BCUT2D eigenvalue weighted by atomic mass is 16.7. The van der Waals surface area contributed by atoms with E-state index in [1.54, 1.807) is 0 Å². The summed E-state index contributed by atoms with van der Waals surface area (Å²) >= 11 is 0. The minimum absolute atomic E-state index is 0.116. The first kappa shape index (κ1) is 6.58. The molecule has 2 heterocycles. The molecular weight excluding hydrogens is 130 g/mol. The van der Waals surface area contributed by atoms with E-state index in [0.29, 0.717) is 6.10 Å². The van der Waals surface area contributed by atoms with Gasteiger partial charge in [0, 0.05) is 13.0 Å². The van der Waals surface area contributed by atoms with Gasteiger partial charge in [0.1, 0.15) is 0 Å². The fourth-order valence-corrected chi connectivity index (χ4v) is 1.28. The minimum Gasteiger partial charge on any atom is -0.352 e. The van der Waals surface area contributed by atoms with Gasteiger partial charge in [-0.05, 0) is 13.0 Å². The number of rotatable bonds is 2. The van der Waals surface area contributed by atoms with Crippen LogP contribution in [0.2, 0.25) is 0 Å². The van der Waals surface area contributed by atoms with Crippen molar-refractivity contribution in [1.29, 1.82) is 0 Å². The molecule has 1 N–H and O–H groups in total. The van der Waals surface area contributed by atoms with Gasteiger partial charge in [-0.3, -0.25) is 0 Å². The van der Waals surface area contributed by atoms with Crippen LogP contribution < -0.4 is 5.32 Å². The van der Waals surface area contributed by atoms with E-state index in [1.165, 1.54) is 0 Å². The van der Waals surface area contributed by atoms with Crippen molar-refractivity contribution in [2.75, 3.05) is 19.7 Å². The van der Waals surface area contributed by atoms with Crippen LogP contribution in [-0.4, -0.2) is 32.1 Å². The van der Waals surface area contributed by atoms with Crippen molar-refractivity contribution in [2.24, 2.45) is 0 Å². The molecule has 10 heavy (non-hydrogen) atoms. The van der Waals surface area contributed by atoms with Gasteiger partial charge >= 0.3 is 0 Å². The van der Waals surface area contributed by atoms with Gasteiger partial charge in [0.05, 0.1) is 12.7 Å². The molecule has 0 bridgehead atoms. The molecule has 3 nitrogen and oxygen atoms in total. The summed E-state index contributed by atoms with van der Waals surface area (Å²) in [5.74, 6) is 0. The summed E-state index contributed by atoms with van der Waals surface area (Å²) in [4.78, 5) is 0. The van der Waals surface area contributed by atoms with E-state index in [1.807, 2.05) is 0 Å². The predicted molar refractivity (Wildman–Crippen MR) is 36.7 cm³/mol.